The Balaban J connectivity index is 1.70. The van der Waals surface area contributed by atoms with Crippen molar-refractivity contribution in [3.05, 3.63) is 18.0 Å². The van der Waals surface area contributed by atoms with Crippen LogP contribution in [0.1, 0.15) is 31.7 Å². The summed E-state index contributed by atoms with van der Waals surface area (Å²) in [6, 6.07) is 0. The second-order valence-electron chi connectivity index (χ2n) is 6.14. The molecule has 1 heterocycles. The van der Waals surface area contributed by atoms with Gasteiger partial charge in [-0.2, -0.15) is 5.10 Å². The molecule has 3 heteroatoms. The molecule has 2 saturated carbocycles. The predicted octanol–water partition coefficient (Wildman–Crippen LogP) is 1.99. The lowest BCUT2D eigenvalue weighted by Gasteiger charge is -2.31. The maximum atomic E-state index is 4.30. The predicted molar refractivity (Wildman–Crippen MR) is 68.7 cm³/mol. The number of aryl methyl sites for hydroxylation is 1. The molecule has 3 rings (SSSR count). The van der Waals surface area contributed by atoms with E-state index in [0.29, 0.717) is 5.41 Å². The molecule has 2 fully saturated rings. The van der Waals surface area contributed by atoms with Crippen LogP contribution in [0.2, 0.25) is 0 Å². The van der Waals surface area contributed by atoms with Crippen molar-refractivity contribution in [3.63, 3.8) is 0 Å². The van der Waals surface area contributed by atoms with E-state index in [1.807, 2.05) is 17.9 Å². The lowest BCUT2D eigenvalue weighted by Crippen LogP contribution is -2.35. The van der Waals surface area contributed by atoms with Gasteiger partial charge in [-0.3, -0.25) is 4.68 Å². The van der Waals surface area contributed by atoms with Crippen LogP contribution in [0.3, 0.4) is 0 Å². The molecule has 1 N–H and O–H groups in total. The molecular formula is C14H23N3. The fraction of sp³-hybridized carbons (Fsp3) is 0.786. The van der Waals surface area contributed by atoms with Crippen LogP contribution in [-0.4, -0.2) is 22.9 Å². The van der Waals surface area contributed by atoms with Crippen LogP contribution >= 0.6 is 0 Å². The molecule has 2 aliphatic carbocycles. The Kier molecular flexibility index (Phi) is 2.74. The average molecular weight is 233 g/mol. The summed E-state index contributed by atoms with van der Waals surface area (Å²) >= 11 is 0. The Morgan fingerprint density at radius 3 is 2.82 bits per heavy atom. The molecule has 17 heavy (non-hydrogen) atoms. The monoisotopic (exact) mass is 233 g/mol. The smallest absolute Gasteiger partial charge is 0.0521 e. The molecule has 0 radical (unpaired) electrons. The van der Waals surface area contributed by atoms with Crippen LogP contribution in [0.5, 0.6) is 0 Å². The molecule has 2 unspecified atom stereocenters. The van der Waals surface area contributed by atoms with E-state index in [4.69, 9.17) is 0 Å². The number of nitrogens with zero attached hydrogens (tertiary/aromatic N) is 2. The SMILES string of the molecule is CCNCC1(Cc2cnn(C)c2)CC2CC2C1. The van der Waals surface area contributed by atoms with Gasteiger partial charge in [0.2, 0.25) is 0 Å². The van der Waals surface area contributed by atoms with Gasteiger partial charge in [-0.05, 0) is 55.0 Å². The van der Waals surface area contributed by atoms with Gasteiger partial charge in [0.25, 0.3) is 0 Å². The second-order valence-corrected chi connectivity index (χ2v) is 6.14. The highest BCUT2D eigenvalue weighted by Crippen LogP contribution is 2.60. The van der Waals surface area contributed by atoms with Gasteiger partial charge in [0.05, 0.1) is 6.20 Å². The van der Waals surface area contributed by atoms with E-state index in [1.54, 1.807) is 0 Å². The molecule has 3 nitrogen and oxygen atoms in total. The zero-order valence-corrected chi connectivity index (χ0v) is 10.9. The second kappa shape index (κ2) is 4.13. The van der Waals surface area contributed by atoms with Gasteiger partial charge in [0, 0.05) is 19.8 Å². The minimum atomic E-state index is 0.520. The van der Waals surface area contributed by atoms with Gasteiger partial charge in [-0.15, -0.1) is 0 Å². The molecule has 2 atom stereocenters. The standard InChI is InChI=1S/C14H23N3/c1-3-15-10-14(6-12-4-13(12)7-14)5-11-8-16-17(2)9-11/h8-9,12-13,15H,3-7,10H2,1-2H3. The van der Waals surface area contributed by atoms with Gasteiger partial charge < -0.3 is 5.32 Å². The van der Waals surface area contributed by atoms with Crippen LogP contribution in [0, 0.1) is 17.3 Å². The first-order chi connectivity index (χ1) is 8.21. The summed E-state index contributed by atoms with van der Waals surface area (Å²) in [6.45, 7) is 4.48. The van der Waals surface area contributed by atoms with E-state index in [1.165, 1.54) is 37.8 Å². The molecular weight excluding hydrogens is 210 g/mol. The van der Waals surface area contributed by atoms with Crippen LogP contribution in [0.15, 0.2) is 12.4 Å². The summed E-state index contributed by atoms with van der Waals surface area (Å²) in [6.07, 6.45) is 9.79. The largest absolute Gasteiger partial charge is 0.316 e. The number of rotatable bonds is 5. The van der Waals surface area contributed by atoms with Gasteiger partial charge in [-0.25, -0.2) is 0 Å². The summed E-state index contributed by atoms with van der Waals surface area (Å²) in [5, 5.41) is 7.87. The van der Waals surface area contributed by atoms with Gasteiger partial charge in [-0.1, -0.05) is 6.92 Å². The first kappa shape index (κ1) is 11.3. The van der Waals surface area contributed by atoms with E-state index >= 15 is 0 Å². The molecule has 1 aromatic heterocycles. The summed E-state index contributed by atoms with van der Waals surface area (Å²) in [4.78, 5) is 0. The van der Waals surface area contributed by atoms with Crippen molar-refractivity contribution >= 4 is 0 Å². The van der Waals surface area contributed by atoms with E-state index in [0.717, 1.165) is 18.4 Å². The third kappa shape index (κ3) is 2.25. The van der Waals surface area contributed by atoms with Gasteiger partial charge in [0.1, 0.15) is 0 Å². The van der Waals surface area contributed by atoms with Crippen LogP contribution < -0.4 is 5.32 Å². The van der Waals surface area contributed by atoms with E-state index in [2.05, 4.69) is 23.5 Å². The maximum Gasteiger partial charge on any atom is 0.0521 e. The van der Waals surface area contributed by atoms with Gasteiger partial charge in [0.15, 0.2) is 0 Å². The quantitative estimate of drug-likeness (QED) is 0.843. The molecule has 0 bridgehead atoms. The summed E-state index contributed by atoms with van der Waals surface area (Å²) < 4.78 is 1.92. The van der Waals surface area contributed by atoms with Gasteiger partial charge >= 0.3 is 0 Å². The minimum Gasteiger partial charge on any atom is -0.316 e. The molecule has 0 spiro atoms. The maximum absolute atomic E-state index is 4.30. The minimum absolute atomic E-state index is 0.520. The highest BCUT2D eigenvalue weighted by atomic mass is 15.2. The van der Waals surface area contributed by atoms with Crippen LogP contribution in [0.4, 0.5) is 0 Å². The molecule has 2 aliphatic rings. The fourth-order valence-electron chi connectivity index (χ4n) is 3.74. The highest BCUT2D eigenvalue weighted by Gasteiger charge is 2.53. The number of hydrogen-bond donors (Lipinski definition) is 1. The molecule has 1 aromatic rings. The van der Waals surface area contributed by atoms with Crippen LogP contribution in [-0.2, 0) is 13.5 Å². The first-order valence-corrected chi connectivity index (χ1v) is 6.89. The van der Waals surface area contributed by atoms with Crippen molar-refractivity contribution in [1.82, 2.24) is 15.1 Å². The van der Waals surface area contributed by atoms with Crippen molar-refractivity contribution in [2.45, 2.75) is 32.6 Å². The average Bonchev–Trinajstić information content (AvgIpc) is 2.72. The number of hydrogen-bond acceptors (Lipinski definition) is 2. The van der Waals surface area contributed by atoms with Crippen molar-refractivity contribution < 1.29 is 0 Å². The summed E-state index contributed by atoms with van der Waals surface area (Å²) in [7, 11) is 2.01. The number of fused-ring (bicyclic) bond motifs is 1. The Morgan fingerprint density at radius 2 is 2.24 bits per heavy atom. The molecule has 94 valence electrons. The highest BCUT2D eigenvalue weighted by molar-refractivity contribution is 5.13. The normalized spacial score (nSPS) is 34.9. The Labute approximate surface area is 104 Å². The van der Waals surface area contributed by atoms with E-state index in [9.17, 15) is 0 Å². The van der Waals surface area contributed by atoms with Crippen molar-refractivity contribution in [2.75, 3.05) is 13.1 Å². The number of aromatic nitrogens is 2. The van der Waals surface area contributed by atoms with Crippen LogP contribution in [0.25, 0.3) is 0 Å². The van der Waals surface area contributed by atoms with Crippen molar-refractivity contribution in [2.24, 2.45) is 24.3 Å². The summed E-state index contributed by atoms with van der Waals surface area (Å²) in [5.41, 5.74) is 1.93. The number of nitrogens with one attached hydrogen (secondary N) is 1. The molecule has 0 aromatic carbocycles. The third-order valence-electron chi connectivity index (χ3n) is 4.55. The first-order valence-electron chi connectivity index (χ1n) is 6.89. The van der Waals surface area contributed by atoms with Crippen molar-refractivity contribution in [3.8, 4) is 0 Å². The topological polar surface area (TPSA) is 29.9 Å². The molecule has 0 saturated heterocycles. The lowest BCUT2D eigenvalue weighted by molar-refractivity contribution is 0.250. The lowest BCUT2D eigenvalue weighted by atomic mass is 9.78. The fourth-order valence-corrected chi connectivity index (χ4v) is 3.74. The third-order valence-corrected chi connectivity index (χ3v) is 4.55. The Hall–Kier alpha value is -0.830. The van der Waals surface area contributed by atoms with E-state index < -0.39 is 0 Å². The molecule has 0 amide bonds. The zero-order valence-electron chi connectivity index (χ0n) is 10.9. The van der Waals surface area contributed by atoms with E-state index in [-0.39, 0.29) is 0 Å². The Morgan fingerprint density at radius 1 is 1.47 bits per heavy atom. The zero-order chi connectivity index (χ0) is 11.9. The summed E-state index contributed by atoms with van der Waals surface area (Å²) in [5.74, 6) is 2.09. The van der Waals surface area contributed by atoms with Crippen molar-refractivity contribution in [1.29, 1.82) is 0 Å². The molecule has 0 aliphatic heterocycles. The Bertz CT molecular complexity index is 386.